The highest BCUT2D eigenvalue weighted by molar-refractivity contribution is 8.00. The number of fused-ring (bicyclic) bond motifs is 9. The van der Waals surface area contributed by atoms with E-state index in [1.54, 1.807) is 49.0 Å². The number of halogens is 3. The maximum Gasteiger partial charge on any atom is 0.418 e. The number of amides is 3. The molecular weight excluding hydrogens is 692 g/mol. The van der Waals surface area contributed by atoms with E-state index in [-0.39, 0.29) is 63.7 Å². The molecule has 4 aliphatic rings. The summed E-state index contributed by atoms with van der Waals surface area (Å²) in [5.41, 5.74) is 0.0629. The van der Waals surface area contributed by atoms with Crippen LogP contribution in [0.4, 0.5) is 24.5 Å². The molecule has 0 spiro atoms. The number of H-pyrrole nitrogens is 1. The van der Waals surface area contributed by atoms with Crippen molar-refractivity contribution in [3.8, 4) is 11.5 Å². The predicted octanol–water partition coefficient (Wildman–Crippen LogP) is 6.55. The Morgan fingerprint density at radius 2 is 1.66 bits per heavy atom. The van der Waals surface area contributed by atoms with E-state index in [0.717, 1.165) is 39.3 Å². The number of anilines is 2. The van der Waals surface area contributed by atoms with Crippen molar-refractivity contribution in [1.29, 1.82) is 0 Å². The number of rotatable bonds is 8. The number of para-hydroxylation sites is 2. The van der Waals surface area contributed by atoms with Gasteiger partial charge in [-0.1, -0.05) is 47.7 Å². The highest BCUT2D eigenvalue weighted by atomic mass is 32.2. The van der Waals surface area contributed by atoms with Crippen LogP contribution in [-0.4, -0.2) is 41.2 Å². The molecule has 2 saturated carbocycles. The Kier molecular flexibility index (Phi) is 8.05. The molecule has 4 aromatic rings. The highest BCUT2D eigenvalue weighted by Gasteiger charge is 2.69. The van der Waals surface area contributed by atoms with Crippen molar-refractivity contribution >= 4 is 52.2 Å². The number of benzene rings is 3. The van der Waals surface area contributed by atoms with Gasteiger partial charge in [0.05, 0.1) is 40.4 Å². The number of nitrogens with zero attached hydrogens (tertiary/aromatic N) is 1. The number of thioether (sulfide) groups is 1. The first-order chi connectivity index (χ1) is 24.0. The Morgan fingerprint density at radius 1 is 0.940 bits per heavy atom. The van der Waals surface area contributed by atoms with E-state index < -0.39 is 36.1 Å². The predicted molar refractivity (Wildman–Crippen MR) is 181 cm³/mol. The molecule has 258 valence electrons. The van der Waals surface area contributed by atoms with Crippen molar-refractivity contribution in [2.45, 2.75) is 35.7 Å². The Balaban J connectivity index is 1.09. The molecule has 3 aromatic carbocycles. The molecule has 50 heavy (non-hydrogen) atoms. The number of ether oxygens (including phenoxy) is 2. The molecule has 2 N–H and O–H groups in total. The van der Waals surface area contributed by atoms with Crippen molar-refractivity contribution in [2.24, 2.45) is 29.6 Å². The fraction of sp³-hybridized carbons (Fsp3) is 0.333. The molecule has 2 aliphatic carbocycles. The lowest BCUT2D eigenvalue weighted by molar-refractivity contribution is -0.137. The second-order valence-corrected chi connectivity index (χ2v) is 15.0. The fourth-order valence-electron chi connectivity index (χ4n) is 8.50. The molecule has 14 heteroatoms. The van der Waals surface area contributed by atoms with Crippen molar-refractivity contribution in [2.75, 3.05) is 23.4 Å². The van der Waals surface area contributed by atoms with Crippen molar-refractivity contribution < 1.29 is 37.0 Å². The Bertz CT molecular complexity index is 2070. The van der Waals surface area contributed by atoms with Crippen LogP contribution in [0.15, 0.2) is 82.6 Å². The maximum atomic E-state index is 14.0. The molecular formula is C36H30F3N3O6S2. The number of thiazole rings is 1. The van der Waals surface area contributed by atoms with Gasteiger partial charge in [-0.05, 0) is 73.1 Å². The first kappa shape index (κ1) is 32.6. The van der Waals surface area contributed by atoms with Gasteiger partial charge in [0.2, 0.25) is 11.8 Å². The maximum absolute atomic E-state index is 14.0. The van der Waals surface area contributed by atoms with Crippen LogP contribution < -0.4 is 24.6 Å². The average Bonchev–Trinajstić information content (AvgIpc) is 3.83. The van der Waals surface area contributed by atoms with Gasteiger partial charge in [0.15, 0.2) is 18.1 Å². The van der Waals surface area contributed by atoms with Crippen molar-refractivity contribution in [3.63, 3.8) is 0 Å². The van der Waals surface area contributed by atoms with Crippen LogP contribution in [0.1, 0.15) is 35.3 Å². The minimum atomic E-state index is -4.64. The molecule has 8 rings (SSSR count). The SMILES string of the molecule is CCOc1cc([C@H]2c3sc(=O)[nH]c3SC3C4CC(C5C(=O)N(c6ccccc6)C(=O)C45)C32)ccc1OCC(=O)Nc1ccccc1C(F)(F)F. The molecule has 2 bridgehead atoms. The minimum absolute atomic E-state index is 0.00813. The second-order valence-electron chi connectivity index (χ2n) is 12.8. The molecule has 1 aromatic heterocycles. The van der Waals surface area contributed by atoms with Crippen LogP contribution in [0.25, 0.3) is 0 Å². The van der Waals surface area contributed by atoms with Gasteiger partial charge in [0, 0.05) is 16.0 Å². The van der Waals surface area contributed by atoms with Gasteiger partial charge in [-0.25, -0.2) is 0 Å². The zero-order valence-electron chi connectivity index (χ0n) is 26.4. The Morgan fingerprint density at radius 3 is 2.40 bits per heavy atom. The largest absolute Gasteiger partial charge is 0.490 e. The molecule has 6 unspecified atom stereocenters. The lowest BCUT2D eigenvalue weighted by Crippen LogP contribution is -2.42. The summed E-state index contributed by atoms with van der Waals surface area (Å²) in [6.45, 7) is 1.49. The summed E-state index contributed by atoms with van der Waals surface area (Å²) in [6, 6.07) is 19.0. The monoisotopic (exact) mass is 721 g/mol. The van der Waals surface area contributed by atoms with Crippen LogP contribution in [0.2, 0.25) is 0 Å². The van der Waals surface area contributed by atoms with Crippen LogP contribution in [0.3, 0.4) is 0 Å². The molecule has 0 radical (unpaired) electrons. The fourth-order valence-corrected chi connectivity index (χ4v) is 11.4. The average molecular weight is 722 g/mol. The van der Waals surface area contributed by atoms with E-state index in [4.69, 9.17) is 9.47 Å². The van der Waals surface area contributed by atoms with E-state index in [1.165, 1.54) is 23.1 Å². The number of alkyl halides is 3. The van der Waals surface area contributed by atoms with Crippen LogP contribution >= 0.6 is 23.1 Å². The third-order valence-electron chi connectivity index (χ3n) is 10.2. The minimum Gasteiger partial charge on any atom is -0.490 e. The summed E-state index contributed by atoms with van der Waals surface area (Å²) in [5, 5.41) is 3.04. The second kappa shape index (κ2) is 12.3. The first-order valence-corrected chi connectivity index (χ1v) is 17.9. The van der Waals surface area contributed by atoms with Gasteiger partial charge in [-0.3, -0.25) is 24.1 Å². The summed E-state index contributed by atoms with van der Waals surface area (Å²) < 4.78 is 52.0. The molecule has 3 amide bonds. The summed E-state index contributed by atoms with van der Waals surface area (Å²) in [6.07, 6.45) is -3.91. The standard InChI is InChI=1S/C36H30F3N3O6S2/c1-2-47-24-14-17(12-13-23(24)48-16-25(43)40-22-11-7-6-10-21(22)36(37,38)39)26-27-19-15-20(30(27)49-32-31(26)50-35(46)41-32)29-28(19)33(44)42(34(29)45)18-8-4-3-5-9-18/h3-14,19-20,26-30H,2,15-16H2,1H3,(H,40,43)(H,41,46)/t19?,20?,26-,27?,28?,29?,30?/m1/s1. The van der Waals surface area contributed by atoms with E-state index in [0.29, 0.717) is 11.4 Å². The van der Waals surface area contributed by atoms with Gasteiger partial charge in [0.25, 0.3) is 5.91 Å². The van der Waals surface area contributed by atoms with Gasteiger partial charge in [-0.15, -0.1) is 11.8 Å². The van der Waals surface area contributed by atoms with Crippen LogP contribution in [-0.2, 0) is 20.6 Å². The number of carbonyl (C=O) groups excluding carboxylic acids is 3. The summed E-state index contributed by atoms with van der Waals surface area (Å²) in [7, 11) is 0. The van der Waals surface area contributed by atoms with Gasteiger partial charge < -0.3 is 19.8 Å². The Hall–Kier alpha value is -4.56. The van der Waals surface area contributed by atoms with Crippen molar-refractivity contribution in [1.82, 2.24) is 4.98 Å². The number of aromatic nitrogens is 1. The van der Waals surface area contributed by atoms with E-state index in [9.17, 15) is 32.3 Å². The Labute approximate surface area is 292 Å². The molecule has 2 aliphatic heterocycles. The number of hydrogen-bond donors (Lipinski definition) is 2. The zero-order chi connectivity index (χ0) is 34.9. The first-order valence-electron chi connectivity index (χ1n) is 16.2. The summed E-state index contributed by atoms with van der Waals surface area (Å²) in [5.74, 6) is -1.89. The summed E-state index contributed by atoms with van der Waals surface area (Å²) in [4.78, 5) is 58.2. The number of hydrogen-bond acceptors (Lipinski definition) is 8. The lowest BCUT2D eigenvalue weighted by atomic mass is 9.68. The van der Waals surface area contributed by atoms with Gasteiger partial charge >= 0.3 is 11.0 Å². The topological polar surface area (TPSA) is 118 Å². The van der Waals surface area contributed by atoms with E-state index >= 15 is 0 Å². The van der Waals surface area contributed by atoms with E-state index in [1.807, 2.05) is 18.2 Å². The molecule has 1 saturated heterocycles. The molecule has 7 atom stereocenters. The number of carbonyl (C=O) groups is 3. The number of nitrogens with one attached hydrogen (secondary N) is 2. The zero-order valence-corrected chi connectivity index (χ0v) is 28.1. The highest BCUT2D eigenvalue weighted by Crippen LogP contribution is 2.68. The van der Waals surface area contributed by atoms with Crippen LogP contribution in [0.5, 0.6) is 11.5 Å². The summed E-state index contributed by atoms with van der Waals surface area (Å²) >= 11 is 2.73. The molecule has 3 heterocycles. The van der Waals surface area contributed by atoms with Gasteiger partial charge in [-0.2, -0.15) is 13.2 Å². The molecule has 3 fully saturated rings. The smallest absolute Gasteiger partial charge is 0.418 e. The quantitative estimate of drug-likeness (QED) is 0.198. The molecule has 9 nitrogen and oxygen atoms in total. The van der Waals surface area contributed by atoms with Crippen LogP contribution in [0, 0.1) is 29.6 Å². The third-order valence-corrected chi connectivity index (χ3v) is 12.8. The van der Waals surface area contributed by atoms with Crippen molar-refractivity contribution in [3.05, 3.63) is 98.5 Å². The normalized spacial score (nSPS) is 26.4. The number of aromatic amines is 1. The van der Waals surface area contributed by atoms with E-state index in [2.05, 4.69) is 10.3 Å². The number of imide groups is 1. The van der Waals surface area contributed by atoms with Gasteiger partial charge in [0.1, 0.15) is 0 Å². The lowest BCUT2D eigenvalue weighted by Gasteiger charge is -2.43. The third kappa shape index (κ3) is 5.31.